The fraction of sp³-hybridized carbons (Fsp3) is 0. The first-order valence-corrected chi connectivity index (χ1v) is 10.1. The lowest BCUT2D eigenvalue weighted by molar-refractivity contribution is 0.454. The summed E-state index contributed by atoms with van der Waals surface area (Å²) in [4.78, 5) is 13.1. The van der Waals surface area contributed by atoms with Crippen LogP contribution < -0.4 is 21.8 Å². The van der Waals surface area contributed by atoms with Gasteiger partial charge in [-0.1, -0.05) is 42.5 Å². The third kappa shape index (κ3) is 3.54. The van der Waals surface area contributed by atoms with Gasteiger partial charge in [0.2, 0.25) is 5.88 Å². The number of benzene rings is 4. The minimum Gasteiger partial charge on any atom is -0.437 e. The van der Waals surface area contributed by atoms with E-state index in [0.717, 1.165) is 11.1 Å². The molecule has 1 heterocycles. The number of rotatable bonds is 4. The summed E-state index contributed by atoms with van der Waals surface area (Å²) >= 11 is 0. The number of nitrogens with two attached hydrogens (primary N) is 2. The Morgan fingerprint density at radius 2 is 1.44 bits per heavy atom. The van der Waals surface area contributed by atoms with Gasteiger partial charge in [-0.25, -0.2) is 0 Å². The van der Waals surface area contributed by atoms with Crippen molar-refractivity contribution in [3.8, 4) is 28.4 Å². The van der Waals surface area contributed by atoms with Crippen LogP contribution in [0.25, 0.3) is 27.6 Å². The SMILES string of the molecule is Nc1ccc(-n2nc(Oc3ccc(N)c(-c4ccccc4)c3)c3ccccc3c2=O)cc1. The number of fused-ring (bicyclic) bond motifs is 1. The molecule has 4 N–H and O–H groups in total. The van der Waals surface area contributed by atoms with Gasteiger partial charge in [0.25, 0.3) is 5.56 Å². The van der Waals surface area contributed by atoms with E-state index >= 15 is 0 Å². The summed E-state index contributed by atoms with van der Waals surface area (Å²) in [5, 5.41) is 5.66. The Morgan fingerprint density at radius 3 is 2.19 bits per heavy atom. The van der Waals surface area contributed by atoms with Crippen molar-refractivity contribution >= 4 is 22.1 Å². The van der Waals surface area contributed by atoms with Gasteiger partial charge in [0.15, 0.2) is 0 Å². The minimum absolute atomic E-state index is 0.236. The first-order chi connectivity index (χ1) is 15.6. The Hall–Kier alpha value is -4.58. The van der Waals surface area contributed by atoms with Crippen molar-refractivity contribution in [1.29, 1.82) is 0 Å². The molecule has 0 bridgehead atoms. The van der Waals surface area contributed by atoms with Gasteiger partial charge in [0.1, 0.15) is 5.75 Å². The van der Waals surface area contributed by atoms with Crippen molar-refractivity contribution in [3.63, 3.8) is 0 Å². The predicted molar refractivity (Wildman–Crippen MR) is 128 cm³/mol. The van der Waals surface area contributed by atoms with E-state index in [2.05, 4.69) is 5.10 Å². The molecule has 0 fully saturated rings. The molecule has 6 nitrogen and oxygen atoms in total. The van der Waals surface area contributed by atoms with Crippen LogP contribution in [0.1, 0.15) is 0 Å². The second kappa shape index (κ2) is 7.92. The van der Waals surface area contributed by atoms with E-state index in [0.29, 0.717) is 39.5 Å². The standard InChI is InChI=1S/C26H20N4O2/c27-18-10-12-19(13-11-18)30-26(31)22-9-5-4-8-21(22)25(29-30)32-20-14-15-24(28)23(16-20)17-6-2-1-3-7-17/h1-16H,27-28H2. The maximum Gasteiger partial charge on any atom is 0.279 e. The molecule has 0 unspecified atom stereocenters. The van der Waals surface area contributed by atoms with E-state index in [4.69, 9.17) is 16.2 Å². The van der Waals surface area contributed by atoms with Crippen LogP contribution in [0.15, 0.2) is 102 Å². The fourth-order valence-corrected chi connectivity index (χ4v) is 3.60. The van der Waals surface area contributed by atoms with Crippen LogP contribution in [0.5, 0.6) is 11.6 Å². The highest BCUT2D eigenvalue weighted by molar-refractivity contribution is 5.86. The Morgan fingerprint density at radius 1 is 0.750 bits per heavy atom. The molecule has 0 saturated carbocycles. The summed E-state index contributed by atoms with van der Waals surface area (Å²) < 4.78 is 7.52. The lowest BCUT2D eigenvalue weighted by Gasteiger charge is -2.13. The molecule has 32 heavy (non-hydrogen) atoms. The molecular formula is C26H20N4O2. The van der Waals surface area contributed by atoms with Crippen LogP contribution in [0.3, 0.4) is 0 Å². The van der Waals surface area contributed by atoms with Crippen LogP contribution >= 0.6 is 0 Å². The quantitative estimate of drug-likeness (QED) is 0.399. The summed E-state index contributed by atoms with van der Waals surface area (Å²) in [6.07, 6.45) is 0. The molecule has 0 amide bonds. The Balaban J connectivity index is 1.64. The monoisotopic (exact) mass is 420 g/mol. The highest BCUT2D eigenvalue weighted by Crippen LogP contribution is 2.33. The van der Waals surface area contributed by atoms with Crippen LogP contribution in [-0.4, -0.2) is 9.78 Å². The Labute approximate surface area is 184 Å². The van der Waals surface area contributed by atoms with Gasteiger partial charge in [0, 0.05) is 16.9 Å². The number of nitrogens with zero attached hydrogens (tertiary/aromatic N) is 2. The molecule has 0 spiro atoms. The van der Waals surface area contributed by atoms with Crippen LogP contribution in [-0.2, 0) is 0 Å². The van der Waals surface area contributed by atoms with Crippen molar-refractivity contribution in [2.24, 2.45) is 0 Å². The number of nitrogen functional groups attached to an aromatic ring is 2. The molecule has 0 atom stereocenters. The smallest absolute Gasteiger partial charge is 0.279 e. The van der Waals surface area contributed by atoms with E-state index < -0.39 is 0 Å². The van der Waals surface area contributed by atoms with Gasteiger partial charge in [-0.05, 0) is 60.2 Å². The van der Waals surface area contributed by atoms with E-state index in [1.807, 2.05) is 54.6 Å². The van der Waals surface area contributed by atoms with Gasteiger partial charge < -0.3 is 16.2 Å². The van der Waals surface area contributed by atoms with Crippen molar-refractivity contribution in [2.45, 2.75) is 0 Å². The number of hydrogen-bond acceptors (Lipinski definition) is 5. The first-order valence-electron chi connectivity index (χ1n) is 10.1. The van der Waals surface area contributed by atoms with Crippen molar-refractivity contribution in [1.82, 2.24) is 9.78 Å². The zero-order valence-electron chi connectivity index (χ0n) is 17.1. The average Bonchev–Trinajstić information content (AvgIpc) is 2.83. The maximum absolute atomic E-state index is 13.1. The molecule has 6 heteroatoms. The van der Waals surface area contributed by atoms with E-state index in [-0.39, 0.29) is 5.56 Å². The summed E-state index contributed by atoms with van der Waals surface area (Å²) in [6.45, 7) is 0. The summed E-state index contributed by atoms with van der Waals surface area (Å²) in [6, 6.07) is 29.5. The molecule has 0 saturated heterocycles. The molecule has 156 valence electrons. The van der Waals surface area contributed by atoms with Crippen molar-refractivity contribution in [2.75, 3.05) is 11.5 Å². The molecule has 5 rings (SSSR count). The van der Waals surface area contributed by atoms with E-state index in [1.54, 1.807) is 42.5 Å². The third-order valence-electron chi connectivity index (χ3n) is 5.23. The summed E-state index contributed by atoms with van der Waals surface area (Å²) in [5.74, 6) is 0.888. The third-order valence-corrected chi connectivity index (χ3v) is 5.23. The number of aromatic nitrogens is 2. The minimum atomic E-state index is -0.236. The van der Waals surface area contributed by atoms with Crippen molar-refractivity contribution < 1.29 is 4.74 Å². The normalized spacial score (nSPS) is 10.9. The van der Waals surface area contributed by atoms with Crippen LogP contribution in [0.2, 0.25) is 0 Å². The molecular weight excluding hydrogens is 400 g/mol. The van der Waals surface area contributed by atoms with Crippen LogP contribution in [0, 0.1) is 0 Å². The molecule has 1 aromatic heterocycles. The van der Waals surface area contributed by atoms with E-state index in [9.17, 15) is 4.79 Å². The number of ether oxygens (including phenoxy) is 1. The number of anilines is 2. The molecule has 0 radical (unpaired) electrons. The molecule has 0 aliphatic rings. The predicted octanol–water partition coefficient (Wildman–Crippen LogP) is 5.01. The lowest BCUT2D eigenvalue weighted by Crippen LogP contribution is -2.21. The second-order valence-corrected chi connectivity index (χ2v) is 7.38. The Bertz CT molecular complexity index is 1480. The maximum atomic E-state index is 13.1. The molecule has 5 aromatic rings. The van der Waals surface area contributed by atoms with Crippen LogP contribution in [0.4, 0.5) is 11.4 Å². The molecule has 4 aromatic carbocycles. The van der Waals surface area contributed by atoms with E-state index in [1.165, 1.54) is 4.68 Å². The second-order valence-electron chi connectivity index (χ2n) is 7.38. The highest BCUT2D eigenvalue weighted by atomic mass is 16.5. The number of hydrogen-bond donors (Lipinski definition) is 2. The van der Waals surface area contributed by atoms with Gasteiger partial charge in [-0.3, -0.25) is 4.79 Å². The zero-order chi connectivity index (χ0) is 22.1. The van der Waals surface area contributed by atoms with Gasteiger partial charge in [0.05, 0.1) is 16.5 Å². The van der Waals surface area contributed by atoms with Gasteiger partial charge in [-0.2, -0.15) is 4.68 Å². The zero-order valence-corrected chi connectivity index (χ0v) is 17.1. The molecule has 0 aliphatic heterocycles. The summed E-state index contributed by atoms with van der Waals surface area (Å²) in [5.41, 5.74) is 15.5. The summed E-state index contributed by atoms with van der Waals surface area (Å²) in [7, 11) is 0. The lowest BCUT2D eigenvalue weighted by atomic mass is 10.0. The van der Waals surface area contributed by atoms with Gasteiger partial charge >= 0.3 is 0 Å². The topological polar surface area (TPSA) is 96.2 Å². The largest absolute Gasteiger partial charge is 0.437 e. The van der Waals surface area contributed by atoms with Gasteiger partial charge in [-0.15, -0.1) is 5.10 Å². The highest BCUT2D eigenvalue weighted by Gasteiger charge is 2.14. The fourth-order valence-electron chi connectivity index (χ4n) is 3.60. The average molecular weight is 420 g/mol. The first kappa shape index (κ1) is 19.4. The Kier molecular flexibility index (Phi) is 4.80. The van der Waals surface area contributed by atoms with Crippen molar-refractivity contribution in [3.05, 3.63) is 107 Å². The molecule has 0 aliphatic carbocycles.